The van der Waals surface area contributed by atoms with Gasteiger partial charge in [-0.05, 0) is 25.0 Å². The second-order valence-corrected chi connectivity index (χ2v) is 5.87. The van der Waals surface area contributed by atoms with Gasteiger partial charge in [-0.25, -0.2) is 22.9 Å². The van der Waals surface area contributed by atoms with Gasteiger partial charge in [0.25, 0.3) is 10.0 Å². The van der Waals surface area contributed by atoms with Gasteiger partial charge in [-0.2, -0.15) is 13.2 Å². The van der Waals surface area contributed by atoms with Gasteiger partial charge in [0, 0.05) is 19.2 Å². The van der Waals surface area contributed by atoms with Gasteiger partial charge in [0.2, 0.25) is 0 Å². The molecule has 0 aliphatic carbocycles. The minimum Gasteiger partial charge on any atom is -0.478 e. The van der Waals surface area contributed by atoms with Crippen LogP contribution in [-0.4, -0.2) is 37.2 Å². The van der Waals surface area contributed by atoms with Gasteiger partial charge in [-0.3, -0.25) is 0 Å². The molecule has 10 heteroatoms. The zero-order valence-electron chi connectivity index (χ0n) is 10.7. The maximum absolute atomic E-state index is 11.9. The van der Waals surface area contributed by atoms with E-state index in [1.807, 2.05) is 0 Å². The number of rotatable bonds is 7. The number of nitrogens with zero attached hydrogens (tertiary/aromatic N) is 1. The molecule has 2 N–H and O–H groups in total. The molecule has 0 radical (unpaired) electrons. The Balaban J connectivity index is 2.52. The summed E-state index contributed by atoms with van der Waals surface area (Å²) in [5.74, 6) is -1.24. The van der Waals surface area contributed by atoms with Crippen LogP contribution in [-0.2, 0) is 10.0 Å². The molecule has 0 aromatic carbocycles. The summed E-state index contributed by atoms with van der Waals surface area (Å²) in [6.07, 6.45) is -4.49. The number of aromatic carboxylic acids is 1. The summed E-state index contributed by atoms with van der Waals surface area (Å²) in [6, 6.07) is 2.09. The Hall–Kier alpha value is -1.68. The molecule has 0 unspecified atom stereocenters. The first-order valence-electron chi connectivity index (χ1n) is 5.87. The monoisotopic (exact) mass is 326 g/mol. The van der Waals surface area contributed by atoms with Crippen molar-refractivity contribution in [3.8, 4) is 0 Å². The highest BCUT2D eigenvalue weighted by Crippen LogP contribution is 2.21. The number of sulfonamides is 1. The molecule has 0 saturated carbocycles. The Morgan fingerprint density at radius 2 is 1.95 bits per heavy atom. The van der Waals surface area contributed by atoms with Crippen LogP contribution in [0.4, 0.5) is 13.2 Å². The van der Waals surface area contributed by atoms with Crippen LogP contribution < -0.4 is 4.72 Å². The van der Waals surface area contributed by atoms with Crippen LogP contribution in [0, 0.1) is 0 Å². The number of carboxylic acid groups (broad SMARTS) is 1. The number of carboxylic acids is 1. The molecule has 118 valence electrons. The van der Waals surface area contributed by atoms with E-state index >= 15 is 0 Å². The van der Waals surface area contributed by atoms with E-state index in [2.05, 4.69) is 9.71 Å². The number of aromatic nitrogens is 1. The summed E-state index contributed by atoms with van der Waals surface area (Å²) in [5, 5.41) is 8.26. The zero-order chi connectivity index (χ0) is 16.1. The molecule has 1 aromatic rings. The molecule has 1 heterocycles. The van der Waals surface area contributed by atoms with E-state index in [-0.39, 0.29) is 30.0 Å². The average molecular weight is 326 g/mol. The number of halogens is 3. The molecule has 1 rings (SSSR count). The number of pyridine rings is 1. The van der Waals surface area contributed by atoms with Gasteiger partial charge in [0.05, 0.1) is 5.56 Å². The minimum absolute atomic E-state index is 0.0337. The van der Waals surface area contributed by atoms with Crippen LogP contribution in [0.15, 0.2) is 23.4 Å². The van der Waals surface area contributed by atoms with Gasteiger partial charge < -0.3 is 5.11 Å². The summed E-state index contributed by atoms with van der Waals surface area (Å²) in [5.41, 5.74) is -0.167. The van der Waals surface area contributed by atoms with Crippen molar-refractivity contribution in [3.63, 3.8) is 0 Å². The van der Waals surface area contributed by atoms with E-state index in [1.165, 1.54) is 0 Å². The Bertz CT molecular complexity index is 584. The first-order valence-corrected chi connectivity index (χ1v) is 7.36. The number of nitrogens with one attached hydrogen (secondary N) is 1. The standard InChI is InChI=1S/C11H13F3N2O4S/c12-11(13,14)5-1-2-6-16-21(19,20)9-4-3-8(7-15-9)10(17)18/h3-4,7,16H,1-2,5-6H2,(H,17,18). The average Bonchev–Trinajstić information content (AvgIpc) is 2.37. The third-order valence-electron chi connectivity index (χ3n) is 2.44. The van der Waals surface area contributed by atoms with Crippen molar-refractivity contribution in [1.29, 1.82) is 0 Å². The lowest BCUT2D eigenvalue weighted by atomic mass is 10.2. The van der Waals surface area contributed by atoms with Crippen molar-refractivity contribution in [2.75, 3.05) is 6.54 Å². The Labute approximate surface area is 119 Å². The van der Waals surface area contributed by atoms with Crippen molar-refractivity contribution in [1.82, 2.24) is 9.71 Å². The fraction of sp³-hybridized carbons (Fsp3) is 0.455. The smallest absolute Gasteiger partial charge is 0.389 e. The summed E-state index contributed by atoms with van der Waals surface area (Å²) in [7, 11) is -3.95. The highest BCUT2D eigenvalue weighted by atomic mass is 32.2. The predicted molar refractivity (Wildman–Crippen MR) is 66.3 cm³/mol. The SMILES string of the molecule is O=C(O)c1ccc(S(=O)(=O)NCCCCC(F)(F)F)nc1. The number of hydrogen-bond acceptors (Lipinski definition) is 4. The summed E-state index contributed by atoms with van der Waals surface area (Å²) in [6.45, 7) is -0.152. The van der Waals surface area contributed by atoms with Crippen molar-refractivity contribution in [2.24, 2.45) is 0 Å². The summed E-state index contributed by atoms with van der Waals surface area (Å²) in [4.78, 5) is 14.1. The van der Waals surface area contributed by atoms with Gasteiger partial charge >= 0.3 is 12.1 Å². The molecule has 0 saturated heterocycles. The second kappa shape index (κ2) is 6.85. The van der Waals surface area contributed by atoms with Crippen LogP contribution in [0.3, 0.4) is 0 Å². The number of unbranched alkanes of at least 4 members (excludes halogenated alkanes) is 1. The molecule has 21 heavy (non-hydrogen) atoms. The highest BCUT2D eigenvalue weighted by Gasteiger charge is 2.26. The highest BCUT2D eigenvalue weighted by molar-refractivity contribution is 7.89. The number of hydrogen-bond donors (Lipinski definition) is 2. The molecular weight excluding hydrogens is 313 g/mol. The minimum atomic E-state index is -4.26. The quantitative estimate of drug-likeness (QED) is 0.745. The third kappa shape index (κ3) is 6.08. The predicted octanol–water partition coefficient (Wildman–Crippen LogP) is 1.79. The van der Waals surface area contributed by atoms with E-state index < -0.39 is 28.6 Å². The molecule has 0 bridgehead atoms. The largest absolute Gasteiger partial charge is 0.478 e. The van der Waals surface area contributed by atoms with Gasteiger partial charge in [-0.1, -0.05) is 0 Å². The summed E-state index contributed by atoms with van der Waals surface area (Å²) < 4.78 is 61.2. The Kier molecular flexibility index (Phi) is 5.67. The molecule has 6 nitrogen and oxygen atoms in total. The molecule has 0 spiro atoms. The first-order chi connectivity index (χ1) is 9.62. The third-order valence-corrected chi connectivity index (χ3v) is 3.81. The van der Waals surface area contributed by atoms with Crippen molar-refractivity contribution < 1.29 is 31.5 Å². The molecule has 0 amide bonds. The van der Waals surface area contributed by atoms with E-state index in [0.717, 1.165) is 18.3 Å². The topological polar surface area (TPSA) is 96.4 Å². The lowest BCUT2D eigenvalue weighted by Crippen LogP contribution is -2.26. The van der Waals surface area contributed by atoms with Crippen LogP contribution in [0.25, 0.3) is 0 Å². The zero-order valence-corrected chi connectivity index (χ0v) is 11.5. The lowest BCUT2D eigenvalue weighted by molar-refractivity contribution is -0.135. The van der Waals surface area contributed by atoms with E-state index in [4.69, 9.17) is 5.11 Å². The fourth-order valence-corrected chi connectivity index (χ4v) is 2.40. The number of alkyl halides is 3. The normalized spacial score (nSPS) is 12.3. The van der Waals surface area contributed by atoms with Crippen molar-refractivity contribution >= 4 is 16.0 Å². The molecular formula is C11H13F3N2O4S. The Morgan fingerprint density at radius 1 is 1.29 bits per heavy atom. The molecule has 0 atom stereocenters. The van der Waals surface area contributed by atoms with Crippen molar-refractivity contribution in [2.45, 2.75) is 30.5 Å². The van der Waals surface area contributed by atoms with Crippen LogP contribution in [0.5, 0.6) is 0 Å². The molecule has 1 aromatic heterocycles. The molecule has 0 fully saturated rings. The first kappa shape index (κ1) is 17.4. The van der Waals surface area contributed by atoms with E-state index in [1.54, 1.807) is 0 Å². The van der Waals surface area contributed by atoms with Crippen molar-refractivity contribution in [3.05, 3.63) is 23.9 Å². The van der Waals surface area contributed by atoms with Crippen LogP contribution in [0.2, 0.25) is 0 Å². The van der Waals surface area contributed by atoms with Crippen LogP contribution >= 0.6 is 0 Å². The maximum Gasteiger partial charge on any atom is 0.389 e. The van der Waals surface area contributed by atoms with Gasteiger partial charge in [-0.15, -0.1) is 0 Å². The van der Waals surface area contributed by atoms with Crippen LogP contribution in [0.1, 0.15) is 29.6 Å². The van der Waals surface area contributed by atoms with Gasteiger partial charge in [0.15, 0.2) is 5.03 Å². The van der Waals surface area contributed by atoms with E-state index in [9.17, 15) is 26.4 Å². The summed E-state index contributed by atoms with van der Waals surface area (Å²) >= 11 is 0. The molecule has 0 aliphatic rings. The Morgan fingerprint density at radius 3 is 2.43 bits per heavy atom. The fourth-order valence-electron chi connectivity index (χ4n) is 1.40. The molecule has 0 aliphatic heterocycles. The lowest BCUT2D eigenvalue weighted by Gasteiger charge is -2.07. The van der Waals surface area contributed by atoms with Gasteiger partial charge in [0.1, 0.15) is 0 Å². The number of carbonyl (C=O) groups is 1. The second-order valence-electron chi connectivity index (χ2n) is 4.16. The maximum atomic E-state index is 11.9. The van der Waals surface area contributed by atoms with E-state index in [0.29, 0.717) is 0 Å².